The van der Waals surface area contributed by atoms with Gasteiger partial charge in [-0.1, -0.05) is 5.16 Å². The Balaban J connectivity index is 2.55. The highest BCUT2D eigenvalue weighted by atomic mass is 79.9. The van der Waals surface area contributed by atoms with Crippen LogP contribution in [0.15, 0.2) is 15.3 Å². The SMILES string of the molecule is Cc1nc(-c2nc(Br)cnc2N)no1. The van der Waals surface area contributed by atoms with Gasteiger partial charge in [0.1, 0.15) is 4.60 Å². The van der Waals surface area contributed by atoms with E-state index < -0.39 is 0 Å². The normalized spacial score (nSPS) is 10.4. The fourth-order valence-corrected chi connectivity index (χ4v) is 1.22. The van der Waals surface area contributed by atoms with E-state index in [1.54, 1.807) is 6.92 Å². The first-order valence-corrected chi connectivity index (χ1v) is 4.55. The molecule has 2 aromatic heterocycles. The van der Waals surface area contributed by atoms with Gasteiger partial charge in [0.05, 0.1) is 6.20 Å². The summed E-state index contributed by atoms with van der Waals surface area (Å²) in [5.74, 6) is 1.07. The molecule has 2 N–H and O–H groups in total. The summed E-state index contributed by atoms with van der Waals surface area (Å²) in [5.41, 5.74) is 6.03. The van der Waals surface area contributed by atoms with Crippen molar-refractivity contribution in [2.75, 3.05) is 5.73 Å². The van der Waals surface area contributed by atoms with Crippen LogP contribution in [-0.4, -0.2) is 20.1 Å². The Morgan fingerprint density at radius 2 is 2.21 bits per heavy atom. The van der Waals surface area contributed by atoms with Crippen LogP contribution in [0.2, 0.25) is 0 Å². The number of nitrogen functional groups attached to an aromatic ring is 1. The molecule has 7 heteroatoms. The number of nitrogens with two attached hydrogens (primary N) is 1. The van der Waals surface area contributed by atoms with Crippen LogP contribution < -0.4 is 5.73 Å². The molecule has 0 aliphatic carbocycles. The van der Waals surface area contributed by atoms with Gasteiger partial charge in [-0.3, -0.25) is 0 Å². The maximum atomic E-state index is 5.61. The Hall–Kier alpha value is -1.50. The number of nitrogens with zero attached hydrogens (tertiary/aromatic N) is 4. The van der Waals surface area contributed by atoms with Gasteiger partial charge in [-0.2, -0.15) is 4.98 Å². The number of halogens is 1. The lowest BCUT2D eigenvalue weighted by atomic mass is 10.4. The Morgan fingerprint density at radius 1 is 1.43 bits per heavy atom. The summed E-state index contributed by atoms with van der Waals surface area (Å²) < 4.78 is 5.39. The summed E-state index contributed by atoms with van der Waals surface area (Å²) in [7, 11) is 0. The molecule has 2 aromatic rings. The molecule has 0 fully saturated rings. The van der Waals surface area contributed by atoms with Crippen LogP contribution in [0.1, 0.15) is 5.89 Å². The van der Waals surface area contributed by atoms with Crippen LogP contribution in [0.5, 0.6) is 0 Å². The molecule has 0 aromatic carbocycles. The summed E-state index contributed by atoms with van der Waals surface area (Å²) in [6.45, 7) is 1.69. The van der Waals surface area contributed by atoms with Gasteiger partial charge in [-0.15, -0.1) is 0 Å². The fourth-order valence-electron chi connectivity index (χ4n) is 0.937. The predicted octanol–water partition coefficient (Wildman–Crippen LogP) is 1.18. The average Bonchev–Trinajstić information content (AvgIpc) is 2.56. The van der Waals surface area contributed by atoms with E-state index in [1.807, 2.05) is 0 Å². The Kier molecular flexibility index (Phi) is 2.16. The third kappa shape index (κ3) is 1.58. The van der Waals surface area contributed by atoms with Crippen molar-refractivity contribution in [3.05, 3.63) is 16.7 Å². The van der Waals surface area contributed by atoms with Crippen molar-refractivity contribution < 1.29 is 4.52 Å². The quantitative estimate of drug-likeness (QED) is 0.823. The second-order valence-corrected chi connectivity index (χ2v) is 3.38. The van der Waals surface area contributed by atoms with E-state index in [0.29, 0.717) is 22.0 Å². The first-order valence-electron chi connectivity index (χ1n) is 3.75. The van der Waals surface area contributed by atoms with Gasteiger partial charge in [0.25, 0.3) is 0 Å². The second kappa shape index (κ2) is 3.33. The number of anilines is 1. The van der Waals surface area contributed by atoms with E-state index in [0.717, 1.165) is 0 Å². The monoisotopic (exact) mass is 255 g/mol. The van der Waals surface area contributed by atoms with Gasteiger partial charge < -0.3 is 10.3 Å². The highest BCUT2D eigenvalue weighted by Crippen LogP contribution is 2.20. The fraction of sp³-hybridized carbons (Fsp3) is 0.143. The minimum Gasteiger partial charge on any atom is -0.382 e. The molecule has 0 aliphatic heterocycles. The maximum Gasteiger partial charge on any atom is 0.224 e. The van der Waals surface area contributed by atoms with Crippen LogP contribution in [0.3, 0.4) is 0 Å². The molecule has 0 saturated carbocycles. The lowest BCUT2D eigenvalue weighted by molar-refractivity contribution is 0.394. The molecule has 0 radical (unpaired) electrons. The third-order valence-corrected chi connectivity index (χ3v) is 1.89. The summed E-state index contributed by atoms with van der Waals surface area (Å²) >= 11 is 3.19. The first kappa shape index (κ1) is 9.07. The smallest absolute Gasteiger partial charge is 0.224 e. The van der Waals surface area contributed by atoms with Crippen molar-refractivity contribution in [3.63, 3.8) is 0 Å². The zero-order chi connectivity index (χ0) is 10.1. The summed E-state index contributed by atoms with van der Waals surface area (Å²) in [6, 6.07) is 0. The molecule has 0 bridgehead atoms. The average molecular weight is 256 g/mol. The van der Waals surface area contributed by atoms with Crippen LogP contribution >= 0.6 is 15.9 Å². The molecule has 0 aliphatic rings. The zero-order valence-electron chi connectivity index (χ0n) is 7.23. The van der Waals surface area contributed by atoms with E-state index in [4.69, 9.17) is 10.3 Å². The topological polar surface area (TPSA) is 90.7 Å². The van der Waals surface area contributed by atoms with Gasteiger partial charge >= 0.3 is 0 Å². The molecule has 0 unspecified atom stereocenters. The largest absolute Gasteiger partial charge is 0.382 e. The lowest BCUT2D eigenvalue weighted by Gasteiger charge is -1.98. The Labute approximate surface area is 87.7 Å². The molecule has 2 rings (SSSR count). The van der Waals surface area contributed by atoms with Crippen LogP contribution in [-0.2, 0) is 0 Å². The van der Waals surface area contributed by atoms with Gasteiger partial charge in [-0.25, -0.2) is 9.97 Å². The molecular formula is C7H6BrN5O. The van der Waals surface area contributed by atoms with Crippen molar-refractivity contribution in [3.8, 4) is 11.5 Å². The highest BCUT2D eigenvalue weighted by molar-refractivity contribution is 9.10. The molecule has 0 atom stereocenters. The van der Waals surface area contributed by atoms with Gasteiger partial charge in [0.15, 0.2) is 11.5 Å². The molecule has 6 nitrogen and oxygen atoms in total. The number of hydrogen-bond acceptors (Lipinski definition) is 6. The van der Waals surface area contributed by atoms with Crippen molar-refractivity contribution in [1.82, 2.24) is 20.1 Å². The molecule has 72 valence electrons. The number of rotatable bonds is 1. The predicted molar refractivity (Wildman–Crippen MR) is 52.2 cm³/mol. The van der Waals surface area contributed by atoms with Crippen LogP contribution in [0.25, 0.3) is 11.5 Å². The lowest BCUT2D eigenvalue weighted by Crippen LogP contribution is -1.98. The van der Waals surface area contributed by atoms with Crippen molar-refractivity contribution in [2.45, 2.75) is 6.92 Å². The molecule has 0 saturated heterocycles. The highest BCUT2D eigenvalue weighted by Gasteiger charge is 2.12. The molecule has 14 heavy (non-hydrogen) atoms. The zero-order valence-corrected chi connectivity index (χ0v) is 8.82. The molecule has 0 spiro atoms. The minimum absolute atomic E-state index is 0.272. The standard InChI is InChI=1S/C7H6BrN5O/c1-3-11-7(13-14-3)5-6(9)10-2-4(8)12-5/h2H,1H3,(H2,9,10). The Morgan fingerprint density at radius 3 is 2.86 bits per heavy atom. The molecular weight excluding hydrogens is 250 g/mol. The van der Waals surface area contributed by atoms with Crippen molar-refractivity contribution in [1.29, 1.82) is 0 Å². The molecule has 0 amide bonds. The molecule has 2 heterocycles. The van der Waals surface area contributed by atoms with E-state index in [2.05, 4.69) is 36.0 Å². The Bertz CT molecular complexity index is 469. The van der Waals surface area contributed by atoms with Gasteiger partial charge in [0, 0.05) is 6.92 Å². The summed E-state index contributed by atoms with van der Waals surface area (Å²) in [5, 5.41) is 3.70. The summed E-state index contributed by atoms with van der Waals surface area (Å²) in [6.07, 6.45) is 1.51. The third-order valence-electron chi connectivity index (χ3n) is 1.51. The maximum absolute atomic E-state index is 5.61. The summed E-state index contributed by atoms with van der Waals surface area (Å²) in [4.78, 5) is 12.0. The minimum atomic E-state index is 0.272. The number of aryl methyl sites for hydroxylation is 1. The van der Waals surface area contributed by atoms with E-state index in [1.165, 1.54) is 6.20 Å². The van der Waals surface area contributed by atoms with Crippen molar-refractivity contribution >= 4 is 21.7 Å². The number of aromatic nitrogens is 4. The van der Waals surface area contributed by atoms with Crippen LogP contribution in [0, 0.1) is 6.92 Å². The van der Waals surface area contributed by atoms with Crippen LogP contribution in [0.4, 0.5) is 5.82 Å². The van der Waals surface area contributed by atoms with E-state index in [9.17, 15) is 0 Å². The van der Waals surface area contributed by atoms with E-state index in [-0.39, 0.29) is 5.82 Å². The van der Waals surface area contributed by atoms with Gasteiger partial charge in [-0.05, 0) is 15.9 Å². The van der Waals surface area contributed by atoms with Crippen molar-refractivity contribution in [2.24, 2.45) is 0 Å². The van der Waals surface area contributed by atoms with E-state index >= 15 is 0 Å². The van der Waals surface area contributed by atoms with Gasteiger partial charge in [0.2, 0.25) is 11.7 Å². The number of hydrogen-bond donors (Lipinski definition) is 1. The first-order chi connectivity index (χ1) is 6.66. The second-order valence-electron chi connectivity index (χ2n) is 2.56.